The standard InChI is InChI=1S/C29H39Cl2N3O3/c1-32-26(14-20-8-4-3-5-9-20)19-34-28(35)23-15-22(17-25(31)18-23)27(12-7-13-33-29(36)37-2)21-10-6-11-24(30)16-21/h6,10-11,15-18,20,26-27,32H,3-5,7-9,12-14,19H2,1-2H3,(H,33,36)(H,34,35). The van der Waals surface area contributed by atoms with E-state index in [2.05, 4.69) is 20.7 Å². The monoisotopic (exact) mass is 547 g/mol. The molecule has 3 N–H and O–H groups in total. The number of rotatable bonds is 12. The predicted octanol–water partition coefficient (Wildman–Crippen LogP) is 6.55. The van der Waals surface area contributed by atoms with Crippen LogP contribution >= 0.6 is 23.2 Å². The molecule has 2 amide bonds. The number of benzene rings is 2. The summed E-state index contributed by atoms with van der Waals surface area (Å²) < 4.78 is 4.66. The Balaban J connectivity index is 1.71. The van der Waals surface area contributed by atoms with Gasteiger partial charge in [-0.2, -0.15) is 0 Å². The van der Waals surface area contributed by atoms with Crippen LogP contribution in [0.3, 0.4) is 0 Å². The molecule has 202 valence electrons. The van der Waals surface area contributed by atoms with E-state index in [0.717, 1.165) is 29.9 Å². The van der Waals surface area contributed by atoms with Gasteiger partial charge in [0.1, 0.15) is 0 Å². The topological polar surface area (TPSA) is 79.5 Å². The van der Waals surface area contributed by atoms with Crippen LogP contribution in [-0.2, 0) is 4.74 Å². The molecule has 37 heavy (non-hydrogen) atoms. The molecule has 2 atom stereocenters. The molecule has 0 radical (unpaired) electrons. The summed E-state index contributed by atoms with van der Waals surface area (Å²) in [6, 6.07) is 13.5. The molecule has 1 saturated carbocycles. The zero-order valence-corrected chi connectivity index (χ0v) is 23.3. The number of amides is 2. The molecule has 0 aromatic heterocycles. The Morgan fingerprint density at radius 1 is 1.00 bits per heavy atom. The first-order valence-corrected chi connectivity index (χ1v) is 14.0. The molecule has 3 rings (SSSR count). The highest BCUT2D eigenvalue weighted by molar-refractivity contribution is 6.31. The molecule has 2 aromatic carbocycles. The highest BCUT2D eigenvalue weighted by Crippen LogP contribution is 2.33. The second-order valence-electron chi connectivity index (χ2n) is 9.88. The molecule has 0 bridgehead atoms. The van der Waals surface area contributed by atoms with E-state index in [1.54, 1.807) is 6.07 Å². The first kappa shape index (κ1) is 29.3. The largest absolute Gasteiger partial charge is 0.453 e. The zero-order chi connectivity index (χ0) is 26.6. The molecule has 0 aliphatic heterocycles. The summed E-state index contributed by atoms with van der Waals surface area (Å²) in [5, 5.41) is 10.4. The van der Waals surface area contributed by atoms with E-state index >= 15 is 0 Å². The third-order valence-electron chi connectivity index (χ3n) is 7.22. The van der Waals surface area contributed by atoms with Gasteiger partial charge in [0, 0.05) is 40.7 Å². The Hall–Kier alpha value is -2.28. The van der Waals surface area contributed by atoms with Crippen molar-refractivity contribution in [1.82, 2.24) is 16.0 Å². The number of alkyl carbamates (subject to hydrolysis) is 1. The molecule has 8 heteroatoms. The molecule has 1 fully saturated rings. The number of nitrogens with one attached hydrogen (secondary N) is 3. The molecular formula is C29H39Cl2N3O3. The van der Waals surface area contributed by atoms with E-state index in [1.807, 2.05) is 43.4 Å². The Bertz CT molecular complexity index is 1030. The minimum absolute atomic E-state index is 0.0419. The molecule has 6 nitrogen and oxygen atoms in total. The Morgan fingerprint density at radius 2 is 1.76 bits per heavy atom. The van der Waals surface area contributed by atoms with E-state index in [9.17, 15) is 9.59 Å². The van der Waals surface area contributed by atoms with Crippen LogP contribution in [0, 0.1) is 5.92 Å². The fourth-order valence-electron chi connectivity index (χ4n) is 5.21. The van der Waals surface area contributed by atoms with Crippen molar-refractivity contribution < 1.29 is 14.3 Å². The minimum atomic E-state index is -0.454. The van der Waals surface area contributed by atoms with Crippen molar-refractivity contribution in [2.75, 3.05) is 27.2 Å². The zero-order valence-electron chi connectivity index (χ0n) is 21.8. The Kier molecular flexibility index (Phi) is 12.0. The lowest BCUT2D eigenvalue weighted by Gasteiger charge is -2.26. The summed E-state index contributed by atoms with van der Waals surface area (Å²) in [6.07, 6.45) is 8.59. The van der Waals surface area contributed by atoms with E-state index in [1.165, 1.54) is 39.2 Å². The lowest BCUT2D eigenvalue weighted by atomic mass is 9.85. The maximum absolute atomic E-state index is 13.2. The third-order valence-corrected chi connectivity index (χ3v) is 7.67. The van der Waals surface area contributed by atoms with Crippen molar-refractivity contribution in [2.24, 2.45) is 5.92 Å². The van der Waals surface area contributed by atoms with Gasteiger partial charge in [0.15, 0.2) is 0 Å². The van der Waals surface area contributed by atoms with Crippen LogP contribution in [-0.4, -0.2) is 45.3 Å². The number of likely N-dealkylation sites (N-methyl/N-ethyl adjacent to an activating group) is 1. The Labute approximate surface area is 230 Å². The van der Waals surface area contributed by atoms with Crippen LogP contribution in [0.1, 0.15) is 78.8 Å². The van der Waals surface area contributed by atoms with Gasteiger partial charge >= 0.3 is 6.09 Å². The maximum atomic E-state index is 13.2. The van der Waals surface area contributed by atoms with Crippen LogP contribution in [0.25, 0.3) is 0 Å². The molecule has 1 aliphatic rings. The first-order valence-electron chi connectivity index (χ1n) is 13.2. The van der Waals surface area contributed by atoms with Crippen LogP contribution in [0.5, 0.6) is 0 Å². The summed E-state index contributed by atoms with van der Waals surface area (Å²) in [6.45, 7) is 1.05. The number of ether oxygens (including phenoxy) is 1. The van der Waals surface area contributed by atoms with Gasteiger partial charge in [-0.1, -0.05) is 67.4 Å². The van der Waals surface area contributed by atoms with Crippen LogP contribution in [0.2, 0.25) is 10.0 Å². The van der Waals surface area contributed by atoms with E-state index in [4.69, 9.17) is 23.2 Å². The highest BCUT2D eigenvalue weighted by atomic mass is 35.5. The normalized spacial score (nSPS) is 15.6. The van der Waals surface area contributed by atoms with Gasteiger partial charge in [0.05, 0.1) is 7.11 Å². The number of methoxy groups -OCH3 is 1. The third kappa shape index (κ3) is 9.51. The number of carbonyl (C=O) groups is 2. The van der Waals surface area contributed by atoms with Crippen molar-refractivity contribution in [3.8, 4) is 0 Å². The average Bonchev–Trinajstić information content (AvgIpc) is 2.90. The highest BCUT2D eigenvalue weighted by Gasteiger charge is 2.21. The average molecular weight is 549 g/mol. The number of hydrogen-bond donors (Lipinski definition) is 3. The fourth-order valence-corrected chi connectivity index (χ4v) is 5.65. The first-order chi connectivity index (χ1) is 17.9. The lowest BCUT2D eigenvalue weighted by Crippen LogP contribution is -2.40. The van der Waals surface area contributed by atoms with Crippen molar-refractivity contribution in [3.05, 3.63) is 69.2 Å². The van der Waals surface area contributed by atoms with Crippen LogP contribution in [0.4, 0.5) is 4.79 Å². The number of halogens is 2. The summed E-state index contributed by atoms with van der Waals surface area (Å²) in [5.74, 6) is 0.553. The minimum Gasteiger partial charge on any atom is -0.453 e. The summed E-state index contributed by atoms with van der Waals surface area (Å²) >= 11 is 12.8. The maximum Gasteiger partial charge on any atom is 0.406 e. The van der Waals surface area contributed by atoms with Gasteiger partial charge in [-0.05, 0) is 73.7 Å². The Morgan fingerprint density at radius 3 is 2.46 bits per heavy atom. The van der Waals surface area contributed by atoms with Gasteiger partial charge in [0.25, 0.3) is 5.91 Å². The van der Waals surface area contributed by atoms with Gasteiger partial charge < -0.3 is 20.7 Å². The fraction of sp³-hybridized carbons (Fsp3) is 0.517. The van der Waals surface area contributed by atoms with Gasteiger partial charge in [-0.25, -0.2) is 4.79 Å². The quantitative estimate of drug-likeness (QED) is 0.263. The van der Waals surface area contributed by atoms with Crippen LogP contribution in [0.15, 0.2) is 42.5 Å². The van der Waals surface area contributed by atoms with Crippen molar-refractivity contribution in [3.63, 3.8) is 0 Å². The van der Waals surface area contributed by atoms with E-state index in [0.29, 0.717) is 35.1 Å². The van der Waals surface area contributed by atoms with Gasteiger partial charge in [-0.3, -0.25) is 4.79 Å². The molecule has 0 saturated heterocycles. The molecule has 2 aromatic rings. The summed E-state index contributed by atoms with van der Waals surface area (Å²) in [7, 11) is 3.30. The molecule has 1 aliphatic carbocycles. The van der Waals surface area contributed by atoms with Crippen molar-refractivity contribution in [2.45, 2.75) is 63.3 Å². The van der Waals surface area contributed by atoms with E-state index < -0.39 is 6.09 Å². The SMILES string of the molecule is CNC(CNC(=O)c1cc(Cl)cc(C(CCCNC(=O)OC)c2cccc(Cl)c2)c1)CC1CCCCC1. The van der Waals surface area contributed by atoms with Gasteiger partial charge in [0.2, 0.25) is 0 Å². The second kappa shape index (κ2) is 15.2. The smallest absolute Gasteiger partial charge is 0.406 e. The molecule has 0 heterocycles. The lowest BCUT2D eigenvalue weighted by molar-refractivity contribution is 0.0947. The predicted molar refractivity (Wildman–Crippen MR) is 151 cm³/mol. The number of hydrogen-bond acceptors (Lipinski definition) is 4. The summed E-state index contributed by atoms with van der Waals surface area (Å²) in [5.41, 5.74) is 2.50. The molecule has 0 spiro atoms. The van der Waals surface area contributed by atoms with Crippen LogP contribution < -0.4 is 16.0 Å². The van der Waals surface area contributed by atoms with E-state index in [-0.39, 0.29) is 17.9 Å². The molecular weight excluding hydrogens is 509 g/mol. The second-order valence-corrected chi connectivity index (χ2v) is 10.7. The number of carbonyl (C=O) groups excluding carboxylic acids is 2. The molecule has 2 unspecified atom stereocenters. The van der Waals surface area contributed by atoms with Crippen molar-refractivity contribution in [1.29, 1.82) is 0 Å². The van der Waals surface area contributed by atoms with Gasteiger partial charge in [-0.15, -0.1) is 0 Å². The van der Waals surface area contributed by atoms with Crippen molar-refractivity contribution >= 4 is 35.2 Å². The summed E-state index contributed by atoms with van der Waals surface area (Å²) in [4.78, 5) is 24.6.